The number of epoxide rings is 2. The van der Waals surface area contributed by atoms with Crippen LogP contribution in [-0.4, -0.2) is 43.4 Å². The maximum atomic E-state index is 9.48. The molecule has 3 atom stereocenters. The predicted molar refractivity (Wildman–Crippen MR) is 59.1 cm³/mol. The lowest BCUT2D eigenvalue weighted by Gasteiger charge is -2.10. The van der Waals surface area contributed by atoms with Crippen LogP contribution in [0.3, 0.4) is 0 Å². The first-order chi connectivity index (χ1) is 7.84. The number of aliphatic hydroxyl groups is 1. The second kappa shape index (κ2) is 6.55. The highest BCUT2D eigenvalue weighted by Gasteiger charge is 2.23. The lowest BCUT2D eigenvalue weighted by Crippen LogP contribution is -2.15. The maximum absolute atomic E-state index is 9.48. The molecule has 1 N–H and O–H groups in total. The topological polar surface area (TPSA) is 54.5 Å². The fraction of sp³-hybridized carbons (Fsp3) is 1.00. The third kappa shape index (κ3) is 5.80. The molecule has 2 aliphatic heterocycles. The Labute approximate surface area is 96.9 Å². The van der Waals surface area contributed by atoms with Gasteiger partial charge in [-0.2, -0.15) is 0 Å². The van der Waals surface area contributed by atoms with E-state index in [9.17, 15) is 5.11 Å². The van der Waals surface area contributed by atoms with Crippen molar-refractivity contribution in [3.63, 3.8) is 0 Å². The van der Waals surface area contributed by atoms with Crippen molar-refractivity contribution in [2.45, 2.75) is 57.0 Å². The zero-order chi connectivity index (χ0) is 11.2. The zero-order valence-corrected chi connectivity index (χ0v) is 9.77. The molecule has 2 saturated heterocycles. The lowest BCUT2D eigenvalue weighted by atomic mass is 10.1. The van der Waals surface area contributed by atoms with Crippen molar-refractivity contribution in [2.24, 2.45) is 0 Å². The van der Waals surface area contributed by atoms with Gasteiger partial charge in [-0.3, -0.25) is 0 Å². The Morgan fingerprint density at radius 2 is 1.75 bits per heavy atom. The number of unbranched alkanes of at least 4 members (excludes halogenated alkanes) is 3. The molecule has 0 radical (unpaired) electrons. The molecule has 0 amide bonds. The van der Waals surface area contributed by atoms with Crippen LogP contribution in [0.2, 0.25) is 0 Å². The van der Waals surface area contributed by atoms with Gasteiger partial charge in [-0.1, -0.05) is 19.3 Å². The molecule has 4 heteroatoms. The van der Waals surface area contributed by atoms with E-state index in [2.05, 4.69) is 0 Å². The van der Waals surface area contributed by atoms with Gasteiger partial charge in [0, 0.05) is 0 Å². The number of ether oxygens (including phenoxy) is 3. The van der Waals surface area contributed by atoms with E-state index in [1.165, 1.54) is 25.7 Å². The lowest BCUT2D eigenvalue weighted by molar-refractivity contribution is -0.107. The number of hydrogen-bond acceptors (Lipinski definition) is 4. The fourth-order valence-electron chi connectivity index (χ4n) is 1.75. The summed E-state index contributed by atoms with van der Waals surface area (Å²) in [5.41, 5.74) is 0. The van der Waals surface area contributed by atoms with E-state index in [-0.39, 0.29) is 6.10 Å². The molecule has 0 aromatic rings. The first-order valence-corrected chi connectivity index (χ1v) is 6.37. The van der Waals surface area contributed by atoms with Gasteiger partial charge >= 0.3 is 0 Å². The number of hydrogen-bond donors (Lipinski definition) is 1. The van der Waals surface area contributed by atoms with Gasteiger partial charge in [-0.15, -0.1) is 0 Å². The summed E-state index contributed by atoms with van der Waals surface area (Å²) in [6.07, 6.45) is 6.85. The predicted octanol–water partition coefficient (Wildman–Crippen LogP) is 1.46. The molecule has 2 rings (SSSR count). The minimum absolute atomic E-state index is 0.244. The standard InChI is InChI=1S/C12H22O4/c13-12(16-9-11-8-15-11)6-4-2-1-3-5-10-7-14-10/h10-13H,1-9H2. The van der Waals surface area contributed by atoms with Gasteiger partial charge in [0.25, 0.3) is 0 Å². The molecule has 4 nitrogen and oxygen atoms in total. The van der Waals surface area contributed by atoms with E-state index >= 15 is 0 Å². The van der Waals surface area contributed by atoms with E-state index in [1.807, 2.05) is 0 Å². The summed E-state index contributed by atoms with van der Waals surface area (Å²) in [4.78, 5) is 0. The van der Waals surface area contributed by atoms with Crippen molar-refractivity contribution >= 4 is 0 Å². The molecule has 0 aromatic carbocycles. The van der Waals surface area contributed by atoms with Crippen LogP contribution in [0.5, 0.6) is 0 Å². The highest BCUT2D eigenvalue weighted by atomic mass is 16.6. The molecule has 3 unspecified atom stereocenters. The molecule has 0 bridgehead atoms. The third-order valence-corrected chi connectivity index (χ3v) is 3.01. The minimum atomic E-state index is -0.601. The Morgan fingerprint density at radius 1 is 1.06 bits per heavy atom. The summed E-state index contributed by atoms with van der Waals surface area (Å²) in [6, 6.07) is 0. The van der Waals surface area contributed by atoms with Crippen molar-refractivity contribution in [3.05, 3.63) is 0 Å². The molecular formula is C12H22O4. The second-order valence-electron chi connectivity index (χ2n) is 4.69. The van der Waals surface area contributed by atoms with Crippen molar-refractivity contribution in [3.8, 4) is 0 Å². The molecule has 2 fully saturated rings. The van der Waals surface area contributed by atoms with Gasteiger partial charge in [-0.25, -0.2) is 0 Å². The first-order valence-electron chi connectivity index (χ1n) is 6.37. The zero-order valence-electron chi connectivity index (χ0n) is 9.77. The highest BCUT2D eigenvalue weighted by Crippen LogP contribution is 2.18. The summed E-state index contributed by atoms with van der Waals surface area (Å²) in [5.74, 6) is 0. The second-order valence-corrected chi connectivity index (χ2v) is 4.69. The van der Waals surface area contributed by atoms with Gasteiger partial charge in [0.05, 0.1) is 25.9 Å². The van der Waals surface area contributed by atoms with Crippen molar-refractivity contribution < 1.29 is 19.3 Å². The Hall–Kier alpha value is -0.160. The summed E-state index contributed by atoms with van der Waals surface area (Å²) >= 11 is 0. The number of rotatable bonds is 10. The van der Waals surface area contributed by atoms with E-state index in [4.69, 9.17) is 14.2 Å². The summed E-state index contributed by atoms with van der Waals surface area (Å²) in [5, 5.41) is 9.48. The monoisotopic (exact) mass is 230 g/mol. The van der Waals surface area contributed by atoms with Crippen LogP contribution in [0.1, 0.15) is 38.5 Å². The van der Waals surface area contributed by atoms with Crippen molar-refractivity contribution in [1.29, 1.82) is 0 Å². The normalized spacial score (nSPS) is 29.1. The Kier molecular flexibility index (Phi) is 5.03. The van der Waals surface area contributed by atoms with E-state index in [0.29, 0.717) is 12.7 Å². The van der Waals surface area contributed by atoms with Gasteiger partial charge in [0.1, 0.15) is 6.10 Å². The number of aliphatic hydroxyl groups excluding tert-OH is 1. The molecule has 16 heavy (non-hydrogen) atoms. The van der Waals surface area contributed by atoms with Crippen LogP contribution >= 0.6 is 0 Å². The molecule has 0 aromatic heterocycles. The molecule has 0 aliphatic carbocycles. The largest absolute Gasteiger partial charge is 0.373 e. The SMILES string of the molecule is OC(CCCCCCC1CO1)OCC1CO1. The van der Waals surface area contributed by atoms with Gasteiger partial charge in [0.2, 0.25) is 0 Å². The molecule has 0 saturated carbocycles. The van der Waals surface area contributed by atoms with Crippen LogP contribution < -0.4 is 0 Å². The van der Waals surface area contributed by atoms with Gasteiger partial charge in [0.15, 0.2) is 6.29 Å². The Balaban J connectivity index is 1.32. The molecule has 2 heterocycles. The molecule has 0 spiro atoms. The van der Waals surface area contributed by atoms with Gasteiger partial charge in [-0.05, 0) is 19.3 Å². The van der Waals surface area contributed by atoms with Crippen LogP contribution in [0.4, 0.5) is 0 Å². The minimum Gasteiger partial charge on any atom is -0.373 e. The molecule has 2 aliphatic rings. The van der Waals surface area contributed by atoms with Gasteiger partial charge < -0.3 is 19.3 Å². The van der Waals surface area contributed by atoms with E-state index < -0.39 is 6.29 Å². The van der Waals surface area contributed by atoms with Crippen molar-refractivity contribution in [1.82, 2.24) is 0 Å². The smallest absolute Gasteiger partial charge is 0.154 e. The molecule has 94 valence electrons. The van der Waals surface area contributed by atoms with Crippen LogP contribution in [0.15, 0.2) is 0 Å². The highest BCUT2D eigenvalue weighted by molar-refractivity contribution is 4.68. The van der Waals surface area contributed by atoms with Crippen LogP contribution in [0, 0.1) is 0 Å². The fourth-order valence-corrected chi connectivity index (χ4v) is 1.75. The average molecular weight is 230 g/mol. The Morgan fingerprint density at radius 3 is 2.44 bits per heavy atom. The average Bonchev–Trinajstić information content (AvgIpc) is 3.15. The van der Waals surface area contributed by atoms with E-state index in [1.54, 1.807) is 0 Å². The van der Waals surface area contributed by atoms with Crippen LogP contribution in [0.25, 0.3) is 0 Å². The third-order valence-electron chi connectivity index (χ3n) is 3.01. The van der Waals surface area contributed by atoms with Crippen LogP contribution in [-0.2, 0) is 14.2 Å². The summed E-state index contributed by atoms with van der Waals surface area (Å²) < 4.78 is 15.4. The molecular weight excluding hydrogens is 208 g/mol. The van der Waals surface area contributed by atoms with Crippen molar-refractivity contribution in [2.75, 3.05) is 19.8 Å². The summed E-state index contributed by atoms with van der Waals surface area (Å²) in [6.45, 7) is 2.30. The quantitative estimate of drug-likeness (QED) is 0.351. The van der Waals surface area contributed by atoms with E-state index in [0.717, 1.165) is 26.1 Å². The Bertz CT molecular complexity index is 189. The summed E-state index contributed by atoms with van der Waals surface area (Å²) in [7, 11) is 0. The maximum Gasteiger partial charge on any atom is 0.154 e. The first kappa shape index (κ1) is 12.3.